The van der Waals surface area contributed by atoms with Crippen LogP contribution >= 0.6 is 0 Å². The molecular weight excluding hydrogens is 235 g/mol. The summed E-state index contributed by atoms with van der Waals surface area (Å²) >= 11 is 0. The Balaban J connectivity index is 2.38. The lowest BCUT2D eigenvalue weighted by molar-refractivity contribution is -0.137. The molecule has 0 radical (unpaired) electrons. The van der Waals surface area contributed by atoms with Gasteiger partial charge in [-0.05, 0) is 6.07 Å². The van der Waals surface area contributed by atoms with E-state index in [-0.39, 0.29) is 11.5 Å². The second-order valence-corrected chi connectivity index (χ2v) is 3.74. The fraction of sp³-hybridized carbons (Fsp3) is 0.500. The third-order valence-corrected chi connectivity index (χ3v) is 2.50. The van der Waals surface area contributed by atoms with E-state index in [0.717, 1.165) is 6.07 Å². The Kier molecular flexibility index (Phi) is 3.10. The summed E-state index contributed by atoms with van der Waals surface area (Å²) in [5, 5.41) is 0. The normalized spacial score (nSPS) is 17.2. The summed E-state index contributed by atoms with van der Waals surface area (Å²) in [5.74, 6) is -0.0741. The molecule has 94 valence electrons. The third kappa shape index (κ3) is 2.60. The van der Waals surface area contributed by atoms with Crippen LogP contribution in [-0.4, -0.2) is 31.3 Å². The van der Waals surface area contributed by atoms with Gasteiger partial charge in [0.2, 0.25) is 0 Å². The van der Waals surface area contributed by atoms with Gasteiger partial charge in [0.1, 0.15) is 11.4 Å². The number of anilines is 2. The monoisotopic (exact) mass is 247 g/mol. The largest absolute Gasteiger partial charge is 0.420 e. The van der Waals surface area contributed by atoms with E-state index >= 15 is 0 Å². The summed E-state index contributed by atoms with van der Waals surface area (Å²) in [6.45, 7) is 1.62. The first kappa shape index (κ1) is 12.0. The smallest absolute Gasteiger partial charge is 0.397 e. The van der Waals surface area contributed by atoms with Gasteiger partial charge in [0, 0.05) is 13.1 Å². The first-order valence-corrected chi connectivity index (χ1v) is 5.14. The van der Waals surface area contributed by atoms with E-state index < -0.39 is 11.7 Å². The molecule has 2 heterocycles. The molecule has 0 aromatic carbocycles. The van der Waals surface area contributed by atoms with E-state index in [4.69, 9.17) is 10.5 Å². The SMILES string of the molecule is Nc1cnc(N2CCOCC2)c(C(F)(F)F)c1. The van der Waals surface area contributed by atoms with E-state index in [1.54, 1.807) is 4.90 Å². The van der Waals surface area contributed by atoms with Crippen LogP contribution < -0.4 is 10.6 Å². The second kappa shape index (κ2) is 4.40. The van der Waals surface area contributed by atoms with Crippen LogP contribution in [-0.2, 0) is 10.9 Å². The molecule has 4 nitrogen and oxygen atoms in total. The number of hydrogen-bond acceptors (Lipinski definition) is 4. The maximum absolute atomic E-state index is 12.8. The van der Waals surface area contributed by atoms with Gasteiger partial charge >= 0.3 is 6.18 Å². The van der Waals surface area contributed by atoms with Crippen molar-refractivity contribution in [1.82, 2.24) is 4.98 Å². The number of pyridine rings is 1. The zero-order valence-electron chi connectivity index (χ0n) is 9.00. The van der Waals surface area contributed by atoms with Gasteiger partial charge in [-0.3, -0.25) is 0 Å². The molecular formula is C10H12F3N3O. The molecule has 1 saturated heterocycles. The van der Waals surface area contributed by atoms with Crippen LogP contribution in [0.2, 0.25) is 0 Å². The van der Waals surface area contributed by atoms with Crippen molar-refractivity contribution in [3.8, 4) is 0 Å². The topological polar surface area (TPSA) is 51.4 Å². The highest BCUT2D eigenvalue weighted by Crippen LogP contribution is 2.36. The molecule has 0 amide bonds. The molecule has 1 aliphatic heterocycles. The van der Waals surface area contributed by atoms with Gasteiger partial charge in [-0.1, -0.05) is 0 Å². The van der Waals surface area contributed by atoms with Crippen molar-refractivity contribution in [2.24, 2.45) is 0 Å². The highest BCUT2D eigenvalue weighted by Gasteiger charge is 2.36. The fourth-order valence-corrected chi connectivity index (χ4v) is 1.71. The summed E-state index contributed by atoms with van der Waals surface area (Å²) in [6.07, 6.45) is -3.21. The molecule has 1 fully saturated rings. The zero-order chi connectivity index (χ0) is 12.5. The molecule has 1 aromatic heterocycles. The Morgan fingerprint density at radius 2 is 1.94 bits per heavy atom. The van der Waals surface area contributed by atoms with Crippen LogP contribution in [0.5, 0.6) is 0 Å². The van der Waals surface area contributed by atoms with E-state index in [9.17, 15) is 13.2 Å². The second-order valence-electron chi connectivity index (χ2n) is 3.74. The quantitative estimate of drug-likeness (QED) is 0.817. The van der Waals surface area contributed by atoms with Crippen LogP contribution in [0.25, 0.3) is 0 Å². The lowest BCUT2D eigenvalue weighted by atomic mass is 10.2. The Hall–Kier alpha value is -1.50. The van der Waals surface area contributed by atoms with Gasteiger partial charge in [0.25, 0.3) is 0 Å². The number of alkyl halides is 3. The lowest BCUT2D eigenvalue weighted by Gasteiger charge is -2.29. The van der Waals surface area contributed by atoms with Crippen molar-refractivity contribution >= 4 is 11.5 Å². The van der Waals surface area contributed by atoms with E-state index in [0.29, 0.717) is 26.3 Å². The Morgan fingerprint density at radius 1 is 1.29 bits per heavy atom. The Morgan fingerprint density at radius 3 is 2.53 bits per heavy atom. The van der Waals surface area contributed by atoms with Crippen LogP contribution in [0.1, 0.15) is 5.56 Å². The van der Waals surface area contributed by atoms with Gasteiger partial charge in [0.15, 0.2) is 0 Å². The molecule has 7 heteroatoms. The predicted molar refractivity (Wildman–Crippen MR) is 56.7 cm³/mol. The maximum atomic E-state index is 12.8. The summed E-state index contributed by atoms with van der Waals surface area (Å²) in [6, 6.07) is 0.914. The van der Waals surface area contributed by atoms with Crippen molar-refractivity contribution in [3.63, 3.8) is 0 Å². The average molecular weight is 247 g/mol. The number of ether oxygens (including phenoxy) is 1. The van der Waals surface area contributed by atoms with Crippen molar-refractivity contribution in [2.45, 2.75) is 6.18 Å². The van der Waals surface area contributed by atoms with E-state index in [2.05, 4.69) is 4.98 Å². The molecule has 0 atom stereocenters. The molecule has 0 saturated carbocycles. The van der Waals surface area contributed by atoms with Gasteiger partial charge in [-0.2, -0.15) is 13.2 Å². The fourth-order valence-electron chi connectivity index (χ4n) is 1.71. The molecule has 0 spiro atoms. The number of aromatic nitrogens is 1. The number of nitrogen functional groups attached to an aromatic ring is 1. The van der Waals surface area contributed by atoms with Gasteiger partial charge in [0.05, 0.1) is 25.1 Å². The number of hydrogen-bond donors (Lipinski definition) is 1. The lowest BCUT2D eigenvalue weighted by Crippen LogP contribution is -2.38. The van der Waals surface area contributed by atoms with Crippen molar-refractivity contribution in [2.75, 3.05) is 36.9 Å². The molecule has 1 aliphatic rings. The number of rotatable bonds is 1. The maximum Gasteiger partial charge on any atom is 0.420 e. The van der Waals surface area contributed by atoms with Crippen LogP contribution in [0, 0.1) is 0 Å². The molecule has 0 unspecified atom stereocenters. The molecule has 17 heavy (non-hydrogen) atoms. The zero-order valence-corrected chi connectivity index (χ0v) is 9.00. The molecule has 0 bridgehead atoms. The highest BCUT2D eigenvalue weighted by atomic mass is 19.4. The number of halogens is 3. The minimum absolute atomic E-state index is 0.00864. The van der Waals surface area contributed by atoms with Crippen LogP contribution in [0.3, 0.4) is 0 Å². The van der Waals surface area contributed by atoms with Gasteiger partial charge in [-0.15, -0.1) is 0 Å². The third-order valence-electron chi connectivity index (χ3n) is 2.50. The Labute approximate surface area is 96.2 Å². The number of morpholine rings is 1. The average Bonchev–Trinajstić information content (AvgIpc) is 2.29. The Bertz CT molecular complexity index is 402. The summed E-state index contributed by atoms with van der Waals surface area (Å²) in [4.78, 5) is 5.36. The summed E-state index contributed by atoms with van der Waals surface area (Å²) in [5.41, 5.74) is 4.56. The van der Waals surface area contributed by atoms with Crippen LogP contribution in [0.4, 0.5) is 24.7 Å². The first-order valence-electron chi connectivity index (χ1n) is 5.14. The van der Waals surface area contributed by atoms with Gasteiger partial charge < -0.3 is 15.4 Å². The van der Waals surface area contributed by atoms with Crippen molar-refractivity contribution < 1.29 is 17.9 Å². The molecule has 2 N–H and O–H groups in total. The summed E-state index contributed by atoms with van der Waals surface area (Å²) in [7, 11) is 0. The minimum Gasteiger partial charge on any atom is -0.397 e. The molecule has 0 aliphatic carbocycles. The minimum atomic E-state index is -4.45. The summed E-state index contributed by atoms with van der Waals surface area (Å²) < 4.78 is 43.6. The van der Waals surface area contributed by atoms with Crippen LogP contribution in [0.15, 0.2) is 12.3 Å². The number of nitrogens with zero attached hydrogens (tertiary/aromatic N) is 2. The predicted octanol–water partition coefficient (Wildman–Crippen LogP) is 1.52. The van der Waals surface area contributed by atoms with E-state index in [1.807, 2.05) is 0 Å². The first-order chi connectivity index (χ1) is 7.98. The standard InChI is InChI=1S/C10H12F3N3O/c11-10(12,13)8-5-7(14)6-15-9(8)16-1-3-17-4-2-16/h5-6H,1-4,14H2. The van der Waals surface area contributed by atoms with Crippen molar-refractivity contribution in [1.29, 1.82) is 0 Å². The highest BCUT2D eigenvalue weighted by molar-refractivity contribution is 5.54. The molecule has 2 rings (SSSR count). The molecule has 1 aromatic rings. The van der Waals surface area contributed by atoms with E-state index in [1.165, 1.54) is 6.20 Å². The van der Waals surface area contributed by atoms with Crippen molar-refractivity contribution in [3.05, 3.63) is 17.8 Å². The van der Waals surface area contributed by atoms with Gasteiger partial charge in [-0.25, -0.2) is 4.98 Å². The number of nitrogens with two attached hydrogens (primary N) is 1.